The molecule has 0 radical (unpaired) electrons. The molecule has 0 heterocycles. The molecule has 4 rings (SSSR count). The van der Waals surface area contributed by atoms with Crippen LogP contribution in [0.1, 0.15) is 28.7 Å². The Morgan fingerprint density at radius 1 is 0.750 bits per heavy atom. The van der Waals surface area contributed by atoms with Gasteiger partial charge in [0, 0.05) is 17.9 Å². The Hall–Kier alpha value is -3.89. The molecule has 0 aliphatic carbocycles. The Balaban J connectivity index is 1.74. The molecular weight excluding hydrogens is 470 g/mol. The van der Waals surface area contributed by atoms with Crippen molar-refractivity contribution in [3.63, 3.8) is 0 Å². The summed E-state index contributed by atoms with van der Waals surface area (Å²) in [5.41, 5.74) is 2.95. The number of rotatable bonds is 9. The molecule has 182 valence electrons. The van der Waals surface area contributed by atoms with E-state index in [0.717, 1.165) is 22.3 Å². The molecule has 0 fully saturated rings. The quantitative estimate of drug-likeness (QED) is 0.229. The summed E-state index contributed by atoms with van der Waals surface area (Å²) in [6.07, 6.45) is 0.328. The lowest BCUT2D eigenvalue weighted by Crippen LogP contribution is -2.46. The number of ether oxygens (including phenoxy) is 1. The second kappa shape index (κ2) is 11.7. The minimum atomic E-state index is -0.873. The van der Waals surface area contributed by atoms with Gasteiger partial charge in [-0.25, -0.2) is 4.79 Å². The highest BCUT2D eigenvalue weighted by Gasteiger charge is 2.39. The van der Waals surface area contributed by atoms with Gasteiger partial charge in [0.2, 0.25) is 5.91 Å². The van der Waals surface area contributed by atoms with E-state index in [1.54, 1.807) is 6.07 Å². The van der Waals surface area contributed by atoms with Gasteiger partial charge in [0.1, 0.15) is 6.04 Å². The van der Waals surface area contributed by atoms with Crippen molar-refractivity contribution in [2.24, 2.45) is 0 Å². The monoisotopic (exact) mass is 497 g/mol. The van der Waals surface area contributed by atoms with E-state index in [4.69, 9.17) is 16.3 Å². The Morgan fingerprint density at radius 2 is 1.19 bits per heavy atom. The fraction of sp³-hybridized carbons (Fsp3) is 0.161. The summed E-state index contributed by atoms with van der Waals surface area (Å²) >= 11 is 6.33. The number of nitrogens with one attached hydrogen (secondary N) is 1. The fourth-order valence-corrected chi connectivity index (χ4v) is 4.89. The third kappa shape index (κ3) is 5.50. The maximum Gasteiger partial charge on any atom is 0.328 e. The first-order chi connectivity index (χ1) is 17.5. The summed E-state index contributed by atoms with van der Waals surface area (Å²) in [4.78, 5) is 26.4. The molecule has 4 aromatic carbocycles. The summed E-state index contributed by atoms with van der Waals surface area (Å²) < 4.78 is 5.01. The maximum atomic E-state index is 13.7. The molecule has 4 nitrogen and oxygen atoms in total. The summed E-state index contributed by atoms with van der Waals surface area (Å²) in [5.74, 6) is -0.790. The van der Waals surface area contributed by atoms with Crippen LogP contribution in [0.25, 0.3) is 0 Å². The van der Waals surface area contributed by atoms with Crippen molar-refractivity contribution >= 4 is 23.5 Å². The number of halogens is 1. The van der Waals surface area contributed by atoms with Gasteiger partial charge < -0.3 is 10.1 Å². The standard InChI is InChI=1S/C31H28ClNO3/c1-36-30(35)28(21-23-13-11-12-20-27(23)32)33-29(34)22-31(24-14-5-2-6-15-24,25-16-7-3-8-17-25)26-18-9-4-10-19-26/h2-20,28H,21-22H2,1H3,(H,33,34)/t28-/m1/s1. The second-order valence-corrected chi connectivity index (χ2v) is 9.03. The topological polar surface area (TPSA) is 55.4 Å². The number of benzene rings is 4. The van der Waals surface area contributed by atoms with E-state index in [9.17, 15) is 9.59 Å². The molecule has 0 spiro atoms. The van der Waals surface area contributed by atoms with Gasteiger partial charge in [-0.05, 0) is 28.3 Å². The SMILES string of the molecule is COC(=O)[C@@H](Cc1ccccc1Cl)NC(=O)CC(c1ccccc1)(c1ccccc1)c1ccccc1. The van der Waals surface area contributed by atoms with Crippen LogP contribution in [0, 0.1) is 0 Å². The van der Waals surface area contributed by atoms with Crippen LogP contribution in [0.15, 0.2) is 115 Å². The summed E-state index contributed by atoms with van der Waals surface area (Å²) in [6, 6.07) is 36.4. The number of hydrogen-bond acceptors (Lipinski definition) is 3. The summed E-state index contributed by atoms with van der Waals surface area (Å²) in [5, 5.41) is 3.47. The Kier molecular flexibility index (Phi) is 8.19. The van der Waals surface area contributed by atoms with Gasteiger partial charge in [-0.3, -0.25) is 4.79 Å². The van der Waals surface area contributed by atoms with E-state index in [1.165, 1.54) is 7.11 Å². The van der Waals surface area contributed by atoms with Crippen LogP contribution in [-0.4, -0.2) is 25.0 Å². The Labute approximate surface area is 216 Å². The minimum Gasteiger partial charge on any atom is -0.467 e. The van der Waals surface area contributed by atoms with Gasteiger partial charge in [-0.2, -0.15) is 0 Å². The number of hydrogen-bond donors (Lipinski definition) is 1. The molecular formula is C31H28ClNO3. The van der Waals surface area contributed by atoms with Crippen LogP contribution in [-0.2, 0) is 26.2 Å². The zero-order valence-corrected chi connectivity index (χ0v) is 20.8. The van der Waals surface area contributed by atoms with Gasteiger partial charge in [-0.1, -0.05) is 121 Å². The third-order valence-corrected chi connectivity index (χ3v) is 6.80. The van der Waals surface area contributed by atoms with Crippen LogP contribution >= 0.6 is 11.6 Å². The van der Waals surface area contributed by atoms with Gasteiger partial charge in [0.25, 0.3) is 0 Å². The molecule has 1 atom stereocenters. The molecule has 36 heavy (non-hydrogen) atoms. The first-order valence-electron chi connectivity index (χ1n) is 11.8. The van der Waals surface area contributed by atoms with Crippen molar-refractivity contribution in [2.75, 3.05) is 7.11 Å². The lowest BCUT2D eigenvalue weighted by molar-refractivity contribution is -0.145. The van der Waals surface area contributed by atoms with Crippen molar-refractivity contribution in [1.29, 1.82) is 0 Å². The van der Waals surface area contributed by atoms with Crippen molar-refractivity contribution < 1.29 is 14.3 Å². The second-order valence-electron chi connectivity index (χ2n) is 8.62. The van der Waals surface area contributed by atoms with Crippen LogP contribution < -0.4 is 5.32 Å². The maximum absolute atomic E-state index is 13.7. The van der Waals surface area contributed by atoms with Crippen molar-refractivity contribution in [3.05, 3.63) is 143 Å². The molecule has 0 bridgehead atoms. The molecule has 0 aromatic heterocycles. The van der Waals surface area contributed by atoms with Crippen molar-refractivity contribution in [1.82, 2.24) is 5.32 Å². The highest BCUT2D eigenvalue weighted by molar-refractivity contribution is 6.31. The van der Waals surface area contributed by atoms with Crippen molar-refractivity contribution in [2.45, 2.75) is 24.3 Å². The minimum absolute atomic E-state index is 0.0983. The fourth-order valence-electron chi connectivity index (χ4n) is 4.68. The number of amides is 1. The highest BCUT2D eigenvalue weighted by Crippen LogP contribution is 2.42. The average molecular weight is 498 g/mol. The van der Waals surface area contributed by atoms with Gasteiger partial charge in [-0.15, -0.1) is 0 Å². The highest BCUT2D eigenvalue weighted by atomic mass is 35.5. The molecule has 0 unspecified atom stereocenters. The molecule has 4 aromatic rings. The predicted molar refractivity (Wildman–Crippen MR) is 143 cm³/mol. The van der Waals surface area contributed by atoms with Crippen LogP contribution in [0.4, 0.5) is 0 Å². The largest absolute Gasteiger partial charge is 0.467 e. The van der Waals surface area contributed by atoms with Gasteiger partial charge in [0.15, 0.2) is 0 Å². The zero-order chi connectivity index (χ0) is 25.4. The molecule has 0 saturated heterocycles. The molecule has 0 aliphatic heterocycles. The van der Waals surface area contributed by atoms with E-state index in [1.807, 2.05) is 109 Å². The Bertz CT molecular complexity index is 1200. The van der Waals surface area contributed by atoms with Gasteiger partial charge >= 0.3 is 5.97 Å². The Morgan fingerprint density at radius 3 is 1.64 bits per heavy atom. The number of carbonyl (C=O) groups is 2. The summed E-state index contributed by atoms with van der Waals surface area (Å²) in [6.45, 7) is 0. The van der Waals surface area contributed by atoms with E-state index in [-0.39, 0.29) is 18.7 Å². The smallest absolute Gasteiger partial charge is 0.328 e. The van der Waals surface area contributed by atoms with E-state index < -0.39 is 17.4 Å². The average Bonchev–Trinajstić information content (AvgIpc) is 2.93. The molecule has 1 amide bonds. The molecule has 5 heteroatoms. The molecule has 0 saturated carbocycles. The normalized spacial score (nSPS) is 11.9. The van der Waals surface area contributed by atoms with Crippen molar-refractivity contribution in [3.8, 4) is 0 Å². The zero-order valence-electron chi connectivity index (χ0n) is 20.1. The lowest BCUT2D eigenvalue weighted by Gasteiger charge is -2.36. The molecule has 1 N–H and O–H groups in total. The van der Waals surface area contributed by atoms with Crippen LogP contribution in [0.2, 0.25) is 5.02 Å². The first-order valence-corrected chi connectivity index (χ1v) is 12.2. The van der Waals surface area contributed by atoms with E-state index in [0.29, 0.717) is 5.02 Å². The predicted octanol–water partition coefficient (Wildman–Crippen LogP) is 5.97. The number of esters is 1. The van der Waals surface area contributed by atoms with E-state index >= 15 is 0 Å². The number of methoxy groups -OCH3 is 1. The van der Waals surface area contributed by atoms with Crippen LogP contribution in [0.5, 0.6) is 0 Å². The van der Waals surface area contributed by atoms with E-state index in [2.05, 4.69) is 5.32 Å². The first kappa shape index (κ1) is 25.2. The van der Waals surface area contributed by atoms with Gasteiger partial charge in [0.05, 0.1) is 12.5 Å². The molecule has 0 aliphatic rings. The van der Waals surface area contributed by atoms with Crippen LogP contribution in [0.3, 0.4) is 0 Å². The third-order valence-electron chi connectivity index (χ3n) is 6.43. The number of carbonyl (C=O) groups excluding carboxylic acids is 2. The summed E-state index contributed by atoms with van der Waals surface area (Å²) in [7, 11) is 1.32. The lowest BCUT2D eigenvalue weighted by atomic mass is 9.67.